The van der Waals surface area contributed by atoms with Gasteiger partial charge >= 0.3 is 5.97 Å². The van der Waals surface area contributed by atoms with Gasteiger partial charge in [0, 0.05) is 30.3 Å². The molecule has 0 saturated carbocycles. The van der Waals surface area contributed by atoms with E-state index in [1.54, 1.807) is 24.4 Å². The van der Waals surface area contributed by atoms with Gasteiger partial charge in [-0.25, -0.2) is 14.5 Å². The van der Waals surface area contributed by atoms with E-state index in [1.165, 1.54) is 0 Å². The van der Waals surface area contributed by atoms with Crippen molar-refractivity contribution < 1.29 is 14.3 Å². The summed E-state index contributed by atoms with van der Waals surface area (Å²) in [5.41, 5.74) is 4.17. The van der Waals surface area contributed by atoms with Gasteiger partial charge in [0.15, 0.2) is 5.65 Å². The average Bonchev–Trinajstić information content (AvgIpc) is 3.57. The van der Waals surface area contributed by atoms with E-state index in [-0.39, 0.29) is 18.6 Å². The second kappa shape index (κ2) is 9.70. The number of ether oxygens (including phenoxy) is 1. The van der Waals surface area contributed by atoms with Gasteiger partial charge in [0.25, 0.3) is 5.91 Å². The minimum absolute atomic E-state index is 0.0563. The zero-order valence-corrected chi connectivity index (χ0v) is 20.0. The summed E-state index contributed by atoms with van der Waals surface area (Å²) < 4.78 is 7.50. The molecule has 0 aliphatic carbocycles. The van der Waals surface area contributed by atoms with Crippen molar-refractivity contribution in [1.82, 2.24) is 19.7 Å². The lowest BCUT2D eigenvalue weighted by atomic mass is 10.1. The van der Waals surface area contributed by atoms with Crippen LogP contribution in [-0.2, 0) is 11.3 Å². The van der Waals surface area contributed by atoms with Crippen LogP contribution < -0.4 is 0 Å². The Kier molecular flexibility index (Phi) is 6.31. The number of aromatic nitrogens is 3. The van der Waals surface area contributed by atoms with E-state index >= 15 is 0 Å². The highest BCUT2D eigenvalue weighted by atomic mass is 16.5. The number of rotatable bonds is 6. The first-order valence-corrected chi connectivity index (χ1v) is 12.0. The molecule has 0 unspecified atom stereocenters. The fourth-order valence-electron chi connectivity index (χ4n) is 4.39. The van der Waals surface area contributed by atoms with Crippen molar-refractivity contribution in [3.05, 3.63) is 83.6 Å². The summed E-state index contributed by atoms with van der Waals surface area (Å²) in [6.07, 6.45) is 3.79. The molecule has 2 aromatic carbocycles. The van der Waals surface area contributed by atoms with Crippen LogP contribution in [0.5, 0.6) is 0 Å². The van der Waals surface area contributed by atoms with Crippen molar-refractivity contribution in [1.29, 1.82) is 0 Å². The molecule has 3 heterocycles. The Morgan fingerprint density at radius 3 is 2.40 bits per heavy atom. The number of nitrogens with zero attached hydrogens (tertiary/aromatic N) is 4. The second-order valence-corrected chi connectivity index (χ2v) is 9.11. The number of amides is 1. The van der Waals surface area contributed by atoms with Crippen LogP contribution in [-0.4, -0.2) is 44.6 Å². The molecule has 1 amide bonds. The Morgan fingerprint density at radius 1 is 1.00 bits per heavy atom. The predicted octanol–water partition coefficient (Wildman–Crippen LogP) is 5.27. The van der Waals surface area contributed by atoms with Gasteiger partial charge in [0.2, 0.25) is 0 Å². The number of likely N-dealkylation sites (tertiary alicyclic amines) is 1. The largest absolute Gasteiger partial charge is 0.457 e. The van der Waals surface area contributed by atoms with Crippen LogP contribution in [0.4, 0.5) is 0 Å². The van der Waals surface area contributed by atoms with Crippen LogP contribution in [0.1, 0.15) is 59.0 Å². The molecular formula is C28H28N4O3. The highest BCUT2D eigenvalue weighted by Gasteiger charge is 2.21. The molecule has 0 bridgehead atoms. The maximum Gasteiger partial charge on any atom is 0.339 e. The molecule has 5 rings (SSSR count). The summed E-state index contributed by atoms with van der Waals surface area (Å²) in [6.45, 7) is 5.80. The Bertz CT molecular complexity index is 1350. The molecule has 0 N–H and O–H groups in total. The van der Waals surface area contributed by atoms with E-state index in [2.05, 4.69) is 5.10 Å². The first kappa shape index (κ1) is 22.8. The number of fused-ring (bicyclic) bond motifs is 1. The number of carbonyl (C=O) groups is 2. The first-order chi connectivity index (χ1) is 17.0. The number of esters is 1. The Hall–Kier alpha value is -4.00. The van der Waals surface area contributed by atoms with Crippen LogP contribution >= 0.6 is 0 Å². The van der Waals surface area contributed by atoms with Crippen LogP contribution in [0.2, 0.25) is 0 Å². The Morgan fingerprint density at radius 2 is 1.71 bits per heavy atom. The van der Waals surface area contributed by atoms with Gasteiger partial charge in [-0.15, -0.1) is 0 Å². The quantitative estimate of drug-likeness (QED) is 0.360. The zero-order chi connectivity index (χ0) is 24.4. The number of hydrogen-bond donors (Lipinski definition) is 0. The molecule has 1 aliphatic rings. The van der Waals surface area contributed by atoms with Gasteiger partial charge in [0.1, 0.15) is 6.61 Å². The molecule has 7 heteroatoms. The Labute approximate surface area is 204 Å². The standard InChI is InChI=1S/C28H28N4O3/c1-19(2)32-26-24(17-29-32)23(16-25(30-26)21-8-4-3-5-9-21)28(34)35-18-20-10-12-22(13-11-20)27(33)31-14-6-7-15-31/h3-5,8-13,16-17,19H,6-7,14-15,18H2,1-2H3. The minimum atomic E-state index is -0.435. The molecule has 0 radical (unpaired) electrons. The molecular weight excluding hydrogens is 440 g/mol. The lowest BCUT2D eigenvalue weighted by Crippen LogP contribution is -2.27. The van der Waals surface area contributed by atoms with E-state index in [9.17, 15) is 9.59 Å². The van der Waals surface area contributed by atoms with E-state index in [0.29, 0.717) is 27.9 Å². The number of hydrogen-bond acceptors (Lipinski definition) is 5. The molecule has 178 valence electrons. The summed E-state index contributed by atoms with van der Waals surface area (Å²) in [5.74, 6) is -0.379. The van der Waals surface area contributed by atoms with Gasteiger partial charge in [-0.3, -0.25) is 4.79 Å². The smallest absolute Gasteiger partial charge is 0.339 e. The van der Waals surface area contributed by atoms with Gasteiger partial charge in [0.05, 0.1) is 22.8 Å². The molecule has 0 spiro atoms. The van der Waals surface area contributed by atoms with Crippen LogP contribution in [0, 0.1) is 0 Å². The topological polar surface area (TPSA) is 77.3 Å². The van der Waals surface area contributed by atoms with E-state index in [4.69, 9.17) is 9.72 Å². The lowest BCUT2D eigenvalue weighted by molar-refractivity contribution is 0.0474. The molecule has 35 heavy (non-hydrogen) atoms. The molecule has 7 nitrogen and oxygen atoms in total. The molecule has 1 saturated heterocycles. The summed E-state index contributed by atoms with van der Waals surface area (Å²) in [5, 5.41) is 5.12. The van der Waals surface area contributed by atoms with E-state index in [0.717, 1.165) is 37.1 Å². The van der Waals surface area contributed by atoms with Gasteiger partial charge in [-0.1, -0.05) is 42.5 Å². The van der Waals surface area contributed by atoms with Crippen molar-refractivity contribution in [2.45, 2.75) is 39.3 Å². The third-order valence-corrected chi connectivity index (χ3v) is 6.31. The van der Waals surface area contributed by atoms with Gasteiger partial charge in [-0.2, -0.15) is 5.10 Å². The number of carbonyl (C=O) groups excluding carboxylic acids is 2. The first-order valence-electron chi connectivity index (χ1n) is 12.0. The molecule has 0 atom stereocenters. The molecule has 4 aromatic rings. The zero-order valence-electron chi connectivity index (χ0n) is 20.0. The van der Waals surface area contributed by atoms with E-state index in [1.807, 2.05) is 65.9 Å². The van der Waals surface area contributed by atoms with Crippen molar-refractivity contribution in [3.63, 3.8) is 0 Å². The number of benzene rings is 2. The highest BCUT2D eigenvalue weighted by molar-refractivity contribution is 6.03. The minimum Gasteiger partial charge on any atom is -0.457 e. The monoisotopic (exact) mass is 468 g/mol. The van der Waals surface area contributed by atoms with Gasteiger partial charge in [-0.05, 0) is 50.5 Å². The SMILES string of the molecule is CC(C)n1ncc2c(C(=O)OCc3ccc(C(=O)N4CCCC4)cc3)cc(-c3ccccc3)nc21. The summed E-state index contributed by atoms with van der Waals surface area (Å²) in [7, 11) is 0. The van der Waals surface area contributed by atoms with Gasteiger partial charge < -0.3 is 9.64 Å². The van der Waals surface area contributed by atoms with Crippen LogP contribution in [0.15, 0.2) is 66.9 Å². The van der Waals surface area contributed by atoms with Crippen molar-refractivity contribution in [2.24, 2.45) is 0 Å². The van der Waals surface area contributed by atoms with Crippen molar-refractivity contribution in [3.8, 4) is 11.3 Å². The maximum atomic E-state index is 13.2. The summed E-state index contributed by atoms with van der Waals surface area (Å²) in [6, 6.07) is 18.9. The molecule has 1 aliphatic heterocycles. The highest BCUT2D eigenvalue weighted by Crippen LogP contribution is 2.27. The predicted molar refractivity (Wildman–Crippen MR) is 134 cm³/mol. The fraction of sp³-hybridized carbons (Fsp3) is 0.286. The maximum absolute atomic E-state index is 13.2. The third kappa shape index (κ3) is 4.67. The summed E-state index contributed by atoms with van der Waals surface area (Å²) >= 11 is 0. The van der Waals surface area contributed by atoms with Crippen LogP contribution in [0.25, 0.3) is 22.3 Å². The second-order valence-electron chi connectivity index (χ2n) is 9.11. The molecule has 2 aromatic heterocycles. The fourth-order valence-corrected chi connectivity index (χ4v) is 4.39. The summed E-state index contributed by atoms with van der Waals surface area (Å²) in [4.78, 5) is 32.4. The average molecular weight is 469 g/mol. The van der Waals surface area contributed by atoms with Crippen LogP contribution in [0.3, 0.4) is 0 Å². The Balaban J connectivity index is 1.38. The number of pyridine rings is 1. The van der Waals surface area contributed by atoms with E-state index < -0.39 is 5.97 Å². The normalized spacial score (nSPS) is 13.5. The third-order valence-electron chi connectivity index (χ3n) is 6.31. The molecule has 1 fully saturated rings. The van der Waals surface area contributed by atoms with Crippen molar-refractivity contribution in [2.75, 3.05) is 13.1 Å². The van der Waals surface area contributed by atoms with Crippen molar-refractivity contribution >= 4 is 22.9 Å². The lowest BCUT2D eigenvalue weighted by Gasteiger charge is -2.15.